The molecule has 1 aliphatic heterocycles. The molecule has 0 unspecified atom stereocenters. The first-order chi connectivity index (χ1) is 15.6. The fraction of sp³-hybridized carbons (Fsp3) is 0.348. The van der Waals surface area contributed by atoms with Gasteiger partial charge in [-0.3, -0.25) is 9.36 Å². The summed E-state index contributed by atoms with van der Waals surface area (Å²) < 4.78 is 12.8. The molecule has 1 fully saturated rings. The van der Waals surface area contributed by atoms with Crippen molar-refractivity contribution in [2.24, 2.45) is 0 Å². The van der Waals surface area contributed by atoms with Crippen LogP contribution in [0.2, 0.25) is 0 Å². The highest BCUT2D eigenvalue weighted by Gasteiger charge is 2.22. The lowest BCUT2D eigenvalue weighted by Gasteiger charge is -2.32. The Kier molecular flexibility index (Phi) is 6.96. The standard InChI is InChI=1S/C23H27N5O3S/c1-26-11-13-27(14-12-26)21(29)16-32-23-25-24-22(28(23)18-7-5-4-6-8-18)17-9-10-19(30-2)20(15-17)31-3/h4-10,15H,11-14,16H2,1-3H3. The number of ether oxygens (including phenoxy) is 2. The molecule has 2 aromatic carbocycles. The molecule has 1 aliphatic rings. The minimum absolute atomic E-state index is 0.123. The number of benzene rings is 2. The molecule has 9 heteroatoms. The predicted molar refractivity (Wildman–Crippen MR) is 125 cm³/mol. The molecule has 8 nitrogen and oxygen atoms in total. The van der Waals surface area contributed by atoms with Crippen LogP contribution in [0.3, 0.4) is 0 Å². The van der Waals surface area contributed by atoms with Crippen molar-refractivity contribution in [3.8, 4) is 28.6 Å². The van der Waals surface area contributed by atoms with E-state index in [-0.39, 0.29) is 5.91 Å². The van der Waals surface area contributed by atoms with Crippen LogP contribution in [0.15, 0.2) is 53.7 Å². The molecule has 1 saturated heterocycles. The van der Waals surface area contributed by atoms with Crippen molar-refractivity contribution in [3.63, 3.8) is 0 Å². The van der Waals surface area contributed by atoms with Gasteiger partial charge in [0.1, 0.15) is 0 Å². The molecule has 32 heavy (non-hydrogen) atoms. The normalized spacial score (nSPS) is 14.4. The van der Waals surface area contributed by atoms with E-state index in [0.717, 1.165) is 37.4 Å². The van der Waals surface area contributed by atoms with E-state index in [2.05, 4.69) is 22.1 Å². The molecule has 0 saturated carbocycles. The lowest BCUT2D eigenvalue weighted by molar-refractivity contribution is -0.129. The zero-order valence-corrected chi connectivity index (χ0v) is 19.3. The highest BCUT2D eigenvalue weighted by Crippen LogP contribution is 2.34. The van der Waals surface area contributed by atoms with Crippen LogP contribution in [0.4, 0.5) is 0 Å². The van der Waals surface area contributed by atoms with Crippen molar-refractivity contribution < 1.29 is 14.3 Å². The van der Waals surface area contributed by atoms with E-state index in [0.29, 0.717) is 28.2 Å². The minimum Gasteiger partial charge on any atom is -0.493 e. The molecule has 1 amide bonds. The number of hydrogen-bond donors (Lipinski definition) is 0. The molecule has 0 radical (unpaired) electrons. The van der Waals surface area contributed by atoms with Crippen molar-refractivity contribution in [1.29, 1.82) is 0 Å². The number of amides is 1. The second-order valence-corrected chi connectivity index (χ2v) is 8.46. The lowest BCUT2D eigenvalue weighted by atomic mass is 10.2. The van der Waals surface area contributed by atoms with Gasteiger partial charge in [-0.1, -0.05) is 30.0 Å². The summed E-state index contributed by atoms with van der Waals surface area (Å²) in [6, 6.07) is 15.6. The molecule has 2 heterocycles. The zero-order valence-electron chi connectivity index (χ0n) is 18.5. The maximum Gasteiger partial charge on any atom is 0.233 e. The van der Waals surface area contributed by atoms with Crippen molar-refractivity contribution in [2.75, 3.05) is 53.2 Å². The summed E-state index contributed by atoms with van der Waals surface area (Å²) in [4.78, 5) is 16.9. The summed E-state index contributed by atoms with van der Waals surface area (Å²) in [6.07, 6.45) is 0. The molecule has 0 spiro atoms. The second-order valence-electron chi connectivity index (χ2n) is 7.52. The number of para-hydroxylation sites is 1. The lowest BCUT2D eigenvalue weighted by Crippen LogP contribution is -2.47. The summed E-state index contributed by atoms with van der Waals surface area (Å²) in [5.41, 5.74) is 1.77. The van der Waals surface area contributed by atoms with Gasteiger partial charge in [0.25, 0.3) is 0 Å². The topological polar surface area (TPSA) is 72.7 Å². The smallest absolute Gasteiger partial charge is 0.233 e. The molecular formula is C23H27N5O3S. The van der Waals surface area contributed by atoms with Crippen LogP contribution in [0, 0.1) is 0 Å². The van der Waals surface area contributed by atoms with E-state index in [1.54, 1.807) is 14.2 Å². The first kappa shape index (κ1) is 22.2. The number of piperazine rings is 1. The molecule has 0 bridgehead atoms. The van der Waals surface area contributed by atoms with Crippen LogP contribution in [0.1, 0.15) is 0 Å². The van der Waals surface area contributed by atoms with E-state index in [1.807, 2.05) is 58.0 Å². The van der Waals surface area contributed by atoms with Crippen molar-refractivity contribution in [3.05, 3.63) is 48.5 Å². The van der Waals surface area contributed by atoms with Crippen molar-refractivity contribution in [1.82, 2.24) is 24.6 Å². The average molecular weight is 454 g/mol. The number of likely N-dealkylation sites (N-methyl/N-ethyl adjacent to an activating group) is 1. The maximum atomic E-state index is 12.8. The van der Waals surface area contributed by atoms with Crippen molar-refractivity contribution in [2.45, 2.75) is 5.16 Å². The van der Waals surface area contributed by atoms with Gasteiger partial charge in [-0.15, -0.1) is 10.2 Å². The van der Waals surface area contributed by atoms with Crippen LogP contribution >= 0.6 is 11.8 Å². The number of hydrogen-bond acceptors (Lipinski definition) is 7. The van der Waals surface area contributed by atoms with Gasteiger partial charge in [0.15, 0.2) is 22.5 Å². The molecule has 4 rings (SSSR count). The summed E-state index contributed by atoms with van der Waals surface area (Å²) in [7, 11) is 5.29. The molecule has 168 valence electrons. The van der Waals surface area contributed by atoms with Gasteiger partial charge in [-0.25, -0.2) is 0 Å². The molecular weight excluding hydrogens is 426 g/mol. The number of rotatable bonds is 7. The van der Waals surface area contributed by atoms with Crippen LogP contribution < -0.4 is 9.47 Å². The van der Waals surface area contributed by atoms with Crippen LogP contribution in [0.5, 0.6) is 11.5 Å². The third kappa shape index (κ3) is 4.73. The molecule has 0 aliphatic carbocycles. The molecule has 0 atom stereocenters. The summed E-state index contributed by atoms with van der Waals surface area (Å²) in [6.45, 7) is 3.33. The van der Waals surface area contributed by atoms with E-state index in [1.165, 1.54) is 11.8 Å². The minimum atomic E-state index is 0.123. The number of aromatic nitrogens is 3. The predicted octanol–water partition coefficient (Wildman–Crippen LogP) is 2.82. The Labute approximate surface area is 192 Å². The second kappa shape index (κ2) is 10.1. The molecule has 0 N–H and O–H groups in total. The summed E-state index contributed by atoms with van der Waals surface area (Å²) in [5.74, 6) is 2.38. The van der Waals surface area contributed by atoms with Crippen molar-refractivity contribution >= 4 is 17.7 Å². The van der Waals surface area contributed by atoms with E-state index in [4.69, 9.17) is 9.47 Å². The number of carbonyl (C=O) groups is 1. The first-order valence-corrected chi connectivity index (χ1v) is 11.4. The number of methoxy groups -OCH3 is 2. The third-order valence-corrected chi connectivity index (χ3v) is 6.38. The van der Waals surface area contributed by atoms with Crippen LogP contribution in [-0.2, 0) is 4.79 Å². The maximum absolute atomic E-state index is 12.8. The van der Waals surface area contributed by atoms with Gasteiger partial charge in [-0.2, -0.15) is 0 Å². The number of carbonyl (C=O) groups excluding carboxylic acids is 1. The monoisotopic (exact) mass is 453 g/mol. The Morgan fingerprint density at radius 3 is 2.38 bits per heavy atom. The Balaban J connectivity index is 1.63. The highest BCUT2D eigenvalue weighted by atomic mass is 32.2. The SMILES string of the molecule is COc1ccc(-c2nnc(SCC(=O)N3CCN(C)CC3)n2-c2ccccc2)cc1OC. The zero-order chi connectivity index (χ0) is 22.5. The summed E-state index contributed by atoms with van der Waals surface area (Å²) in [5, 5.41) is 9.55. The largest absolute Gasteiger partial charge is 0.493 e. The van der Waals surface area contributed by atoms with Gasteiger partial charge in [0.05, 0.1) is 20.0 Å². The Morgan fingerprint density at radius 2 is 1.69 bits per heavy atom. The van der Waals surface area contributed by atoms with E-state index in [9.17, 15) is 4.79 Å². The fourth-order valence-electron chi connectivity index (χ4n) is 3.61. The Hall–Kier alpha value is -3.04. The van der Waals surface area contributed by atoms with Crippen LogP contribution in [0.25, 0.3) is 17.1 Å². The average Bonchev–Trinajstić information content (AvgIpc) is 3.27. The number of thioether (sulfide) groups is 1. The third-order valence-electron chi connectivity index (χ3n) is 5.47. The molecule has 3 aromatic rings. The van der Waals surface area contributed by atoms with E-state index >= 15 is 0 Å². The fourth-order valence-corrected chi connectivity index (χ4v) is 4.46. The quantitative estimate of drug-likeness (QED) is 0.510. The van der Waals surface area contributed by atoms with Gasteiger partial charge >= 0.3 is 0 Å². The summed E-state index contributed by atoms with van der Waals surface area (Å²) >= 11 is 1.41. The van der Waals surface area contributed by atoms with Gasteiger partial charge < -0.3 is 19.3 Å². The number of nitrogens with zero attached hydrogens (tertiary/aromatic N) is 5. The first-order valence-electron chi connectivity index (χ1n) is 10.4. The van der Waals surface area contributed by atoms with Gasteiger partial charge in [-0.05, 0) is 37.4 Å². The van der Waals surface area contributed by atoms with Gasteiger partial charge in [0.2, 0.25) is 5.91 Å². The van der Waals surface area contributed by atoms with Gasteiger partial charge in [0, 0.05) is 37.4 Å². The highest BCUT2D eigenvalue weighted by molar-refractivity contribution is 7.99. The van der Waals surface area contributed by atoms with Crippen LogP contribution in [-0.4, -0.2) is 83.7 Å². The molecule has 1 aromatic heterocycles. The Morgan fingerprint density at radius 1 is 0.969 bits per heavy atom. The van der Waals surface area contributed by atoms with E-state index < -0.39 is 0 Å². The Bertz CT molecular complexity index is 1060.